The number of hydrogen-bond donors (Lipinski definition) is 2. The van der Waals surface area contributed by atoms with Crippen LogP contribution in [-0.2, 0) is 4.79 Å². The third-order valence-electron chi connectivity index (χ3n) is 3.12. The standard InChI is InChI=1S/C13H15NO4/c1-8-2-4-9(5-3-8)12(16)14-7-10(15)6-11(14)13(17)18/h2-5,10-11,15H,6-7H2,1H3,(H,17,18)/t10-,11-/m1/s1. The van der Waals surface area contributed by atoms with E-state index in [1.54, 1.807) is 24.3 Å². The minimum absolute atomic E-state index is 0.0731. The highest BCUT2D eigenvalue weighted by Gasteiger charge is 2.39. The number of amides is 1. The van der Waals surface area contributed by atoms with Gasteiger partial charge in [-0.05, 0) is 19.1 Å². The minimum atomic E-state index is -1.08. The van der Waals surface area contributed by atoms with Crippen LogP contribution in [0.3, 0.4) is 0 Å². The van der Waals surface area contributed by atoms with Crippen LogP contribution >= 0.6 is 0 Å². The molecule has 0 unspecified atom stereocenters. The van der Waals surface area contributed by atoms with Gasteiger partial charge in [-0.1, -0.05) is 17.7 Å². The van der Waals surface area contributed by atoms with Gasteiger partial charge in [-0.15, -0.1) is 0 Å². The van der Waals surface area contributed by atoms with E-state index in [9.17, 15) is 14.7 Å². The Balaban J connectivity index is 2.22. The molecule has 18 heavy (non-hydrogen) atoms. The van der Waals surface area contributed by atoms with Gasteiger partial charge in [0.05, 0.1) is 6.10 Å². The van der Waals surface area contributed by atoms with Crippen molar-refractivity contribution in [3.8, 4) is 0 Å². The summed E-state index contributed by atoms with van der Waals surface area (Å²) in [5.41, 5.74) is 1.48. The molecule has 1 aromatic rings. The predicted molar refractivity (Wildman–Crippen MR) is 64.3 cm³/mol. The molecule has 1 saturated heterocycles. The van der Waals surface area contributed by atoms with Gasteiger partial charge in [0.1, 0.15) is 6.04 Å². The molecule has 1 aliphatic rings. The number of β-amino-alcohol motifs (C(OH)–C–C–N with tert-alkyl or cyclic N) is 1. The molecule has 5 nitrogen and oxygen atoms in total. The second kappa shape index (κ2) is 4.78. The number of likely N-dealkylation sites (tertiary alicyclic amines) is 1. The van der Waals surface area contributed by atoms with Crippen LogP contribution in [0.25, 0.3) is 0 Å². The summed E-state index contributed by atoms with van der Waals surface area (Å²) in [6.07, 6.45) is -0.673. The van der Waals surface area contributed by atoms with Gasteiger partial charge in [0.2, 0.25) is 0 Å². The molecule has 2 atom stereocenters. The fourth-order valence-electron chi connectivity index (χ4n) is 2.13. The maximum Gasteiger partial charge on any atom is 0.326 e. The zero-order valence-corrected chi connectivity index (χ0v) is 10.0. The van der Waals surface area contributed by atoms with Gasteiger partial charge in [-0.25, -0.2) is 4.79 Å². The molecule has 2 rings (SSSR count). The smallest absolute Gasteiger partial charge is 0.326 e. The van der Waals surface area contributed by atoms with Crippen LogP contribution in [0.4, 0.5) is 0 Å². The lowest BCUT2D eigenvalue weighted by Gasteiger charge is -2.21. The largest absolute Gasteiger partial charge is 0.480 e. The number of aliphatic hydroxyl groups is 1. The fraction of sp³-hybridized carbons (Fsp3) is 0.385. The number of aliphatic carboxylic acids is 1. The number of carbonyl (C=O) groups excluding carboxylic acids is 1. The summed E-state index contributed by atoms with van der Waals surface area (Å²) in [5.74, 6) is -1.43. The Morgan fingerprint density at radius 2 is 1.89 bits per heavy atom. The molecule has 1 amide bonds. The topological polar surface area (TPSA) is 77.8 Å². The van der Waals surface area contributed by atoms with E-state index in [1.165, 1.54) is 4.90 Å². The van der Waals surface area contributed by atoms with Gasteiger partial charge < -0.3 is 15.1 Å². The van der Waals surface area contributed by atoms with Crippen molar-refractivity contribution in [1.29, 1.82) is 0 Å². The van der Waals surface area contributed by atoms with Crippen LogP contribution in [0, 0.1) is 6.92 Å². The fourth-order valence-corrected chi connectivity index (χ4v) is 2.13. The molecule has 0 aliphatic carbocycles. The van der Waals surface area contributed by atoms with E-state index in [0.717, 1.165) is 5.56 Å². The molecule has 0 saturated carbocycles. The van der Waals surface area contributed by atoms with Crippen molar-refractivity contribution < 1.29 is 19.8 Å². The second-order valence-corrected chi connectivity index (χ2v) is 4.57. The van der Waals surface area contributed by atoms with E-state index in [2.05, 4.69) is 0 Å². The predicted octanol–water partition coefficient (Wildman–Crippen LogP) is 0.655. The molecule has 2 N–H and O–H groups in total. The van der Waals surface area contributed by atoms with Gasteiger partial charge in [0, 0.05) is 18.5 Å². The first-order valence-electron chi connectivity index (χ1n) is 5.77. The van der Waals surface area contributed by atoms with Crippen LogP contribution in [0.15, 0.2) is 24.3 Å². The molecule has 1 heterocycles. The summed E-state index contributed by atoms with van der Waals surface area (Å²) in [7, 11) is 0. The molecule has 5 heteroatoms. The molecular weight excluding hydrogens is 234 g/mol. The molecule has 0 bridgehead atoms. The number of carboxylic acids is 1. The summed E-state index contributed by atoms with van der Waals surface area (Å²) in [5, 5.41) is 18.5. The Hall–Kier alpha value is -1.88. The lowest BCUT2D eigenvalue weighted by molar-refractivity contribution is -0.141. The van der Waals surface area contributed by atoms with E-state index in [0.29, 0.717) is 5.56 Å². The zero-order chi connectivity index (χ0) is 13.3. The van der Waals surface area contributed by atoms with Crippen molar-refractivity contribution in [2.45, 2.75) is 25.5 Å². The van der Waals surface area contributed by atoms with Crippen LogP contribution in [0.5, 0.6) is 0 Å². The molecule has 0 spiro atoms. The summed E-state index contributed by atoms with van der Waals surface area (Å²) in [6.45, 7) is 1.98. The number of carboxylic acid groups (broad SMARTS) is 1. The minimum Gasteiger partial charge on any atom is -0.480 e. The highest BCUT2D eigenvalue weighted by Crippen LogP contribution is 2.21. The molecule has 0 aromatic heterocycles. The summed E-state index contributed by atoms with van der Waals surface area (Å²) in [4.78, 5) is 24.4. The maximum atomic E-state index is 12.2. The first-order chi connectivity index (χ1) is 8.49. The number of rotatable bonds is 2. The van der Waals surface area contributed by atoms with Crippen LogP contribution in [0.1, 0.15) is 22.3 Å². The molecule has 1 aliphatic heterocycles. The first kappa shape index (κ1) is 12.6. The number of hydrogen-bond acceptors (Lipinski definition) is 3. The lowest BCUT2D eigenvalue weighted by atomic mass is 10.1. The van der Waals surface area contributed by atoms with Crippen LogP contribution in [0.2, 0.25) is 0 Å². The highest BCUT2D eigenvalue weighted by molar-refractivity contribution is 5.97. The van der Waals surface area contributed by atoms with Crippen molar-refractivity contribution in [3.05, 3.63) is 35.4 Å². The van der Waals surface area contributed by atoms with Gasteiger partial charge >= 0.3 is 5.97 Å². The average molecular weight is 249 g/mol. The van der Waals surface area contributed by atoms with Gasteiger partial charge in [0.25, 0.3) is 5.91 Å². The van der Waals surface area contributed by atoms with E-state index < -0.39 is 18.1 Å². The monoisotopic (exact) mass is 249 g/mol. The Morgan fingerprint density at radius 3 is 2.44 bits per heavy atom. The Labute approximate surface area is 105 Å². The quantitative estimate of drug-likeness (QED) is 0.807. The first-order valence-corrected chi connectivity index (χ1v) is 5.77. The SMILES string of the molecule is Cc1ccc(C(=O)N2C[C@H](O)C[C@@H]2C(=O)O)cc1. The van der Waals surface area contributed by atoms with E-state index in [4.69, 9.17) is 5.11 Å². The lowest BCUT2D eigenvalue weighted by Crippen LogP contribution is -2.40. The number of carbonyl (C=O) groups is 2. The average Bonchev–Trinajstić information content (AvgIpc) is 2.71. The molecule has 1 aromatic carbocycles. The van der Waals surface area contributed by atoms with Crippen LogP contribution < -0.4 is 0 Å². The number of aliphatic hydroxyl groups excluding tert-OH is 1. The maximum absolute atomic E-state index is 12.2. The van der Waals surface area contributed by atoms with Gasteiger partial charge in [0.15, 0.2) is 0 Å². The molecule has 96 valence electrons. The number of nitrogens with zero attached hydrogens (tertiary/aromatic N) is 1. The second-order valence-electron chi connectivity index (χ2n) is 4.57. The Bertz CT molecular complexity index is 468. The molecular formula is C13H15NO4. The van der Waals surface area contributed by atoms with Crippen molar-refractivity contribution >= 4 is 11.9 Å². The highest BCUT2D eigenvalue weighted by atomic mass is 16.4. The van der Waals surface area contributed by atoms with Crippen molar-refractivity contribution in [3.63, 3.8) is 0 Å². The molecule has 1 fully saturated rings. The number of aryl methyl sites for hydroxylation is 1. The van der Waals surface area contributed by atoms with Gasteiger partial charge in [-0.3, -0.25) is 4.79 Å². The van der Waals surface area contributed by atoms with Crippen molar-refractivity contribution in [2.75, 3.05) is 6.54 Å². The summed E-state index contributed by atoms with van der Waals surface area (Å²) in [6, 6.07) is 6.00. The van der Waals surface area contributed by atoms with E-state index in [-0.39, 0.29) is 18.9 Å². The Kier molecular flexibility index (Phi) is 3.34. The van der Waals surface area contributed by atoms with E-state index in [1.807, 2.05) is 6.92 Å². The van der Waals surface area contributed by atoms with E-state index >= 15 is 0 Å². The molecule has 0 radical (unpaired) electrons. The third-order valence-corrected chi connectivity index (χ3v) is 3.12. The van der Waals surface area contributed by atoms with Gasteiger partial charge in [-0.2, -0.15) is 0 Å². The number of benzene rings is 1. The zero-order valence-electron chi connectivity index (χ0n) is 10.0. The van der Waals surface area contributed by atoms with Crippen LogP contribution in [-0.4, -0.2) is 45.7 Å². The third kappa shape index (κ3) is 2.36. The van der Waals surface area contributed by atoms with Crippen molar-refractivity contribution in [2.24, 2.45) is 0 Å². The normalized spacial score (nSPS) is 23.1. The Morgan fingerprint density at radius 1 is 1.28 bits per heavy atom. The summed E-state index contributed by atoms with van der Waals surface area (Å²) >= 11 is 0. The van der Waals surface area contributed by atoms with Crippen molar-refractivity contribution in [1.82, 2.24) is 4.90 Å². The summed E-state index contributed by atoms with van der Waals surface area (Å²) < 4.78 is 0.